The number of likely N-dealkylation sites (N-methyl/N-ethyl adjacent to an activating group) is 1. The third-order valence-electron chi connectivity index (χ3n) is 3.80. The van der Waals surface area contributed by atoms with E-state index in [1.165, 1.54) is 5.56 Å². The lowest BCUT2D eigenvalue weighted by Gasteiger charge is -2.24. The van der Waals surface area contributed by atoms with Crippen molar-refractivity contribution in [2.75, 3.05) is 47.4 Å². The Morgan fingerprint density at radius 1 is 1.33 bits per heavy atom. The topological polar surface area (TPSA) is 66.7 Å². The molecule has 0 fully saturated rings. The van der Waals surface area contributed by atoms with E-state index in [-0.39, 0.29) is 6.04 Å². The van der Waals surface area contributed by atoms with Gasteiger partial charge in [0.1, 0.15) is 0 Å². The predicted octanol–water partition coefficient (Wildman–Crippen LogP) is 1.25. The summed E-state index contributed by atoms with van der Waals surface area (Å²) in [5.41, 5.74) is 1.18. The van der Waals surface area contributed by atoms with Gasteiger partial charge in [-0.3, -0.25) is 9.67 Å². The molecular weight excluding hydrogens is 304 g/mol. The zero-order valence-electron chi connectivity index (χ0n) is 16.0. The number of hydrogen-bond donors (Lipinski definition) is 2. The summed E-state index contributed by atoms with van der Waals surface area (Å²) < 4.78 is 7.44. The van der Waals surface area contributed by atoms with Gasteiger partial charge in [-0.05, 0) is 26.4 Å². The lowest BCUT2D eigenvalue weighted by Crippen LogP contribution is -2.42. The van der Waals surface area contributed by atoms with Crippen LogP contribution in [0.1, 0.15) is 31.9 Å². The molecule has 0 saturated heterocycles. The number of ether oxygens (including phenoxy) is 1. The minimum absolute atomic E-state index is 0.236. The number of aromatic nitrogens is 2. The molecule has 0 aliphatic rings. The van der Waals surface area contributed by atoms with Crippen LogP contribution in [0.5, 0.6) is 0 Å². The maximum Gasteiger partial charge on any atom is 0.191 e. The highest BCUT2D eigenvalue weighted by Crippen LogP contribution is 2.15. The van der Waals surface area contributed by atoms with Gasteiger partial charge < -0.3 is 20.3 Å². The summed E-state index contributed by atoms with van der Waals surface area (Å²) in [6, 6.07) is 0.236. The van der Waals surface area contributed by atoms with Crippen molar-refractivity contribution in [2.45, 2.75) is 26.3 Å². The minimum atomic E-state index is 0.236. The molecule has 1 aromatic heterocycles. The molecule has 7 heteroatoms. The summed E-state index contributed by atoms with van der Waals surface area (Å²) in [6.45, 7) is 7.42. The minimum Gasteiger partial charge on any atom is -0.380 e. The van der Waals surface area contributed by atoms with Gasteiger partial charge in [0, 0.05) is 45.6 Å². The van der Waals surface area contributed by atoms with E-state index in [9.17, 15) is 0 Å². The van der Waals surface area contributed by atoms with Crippen LogP contribution in [0.4, 0.5) is 0 Å². The third kappa shape index (κ3) is 7.79. The second-order valence-corrected chi connectivity index (χ2v) is 6.60. The maximum absolute atomic E-state index is 5.61. The first kappa shape index (κ1) is 20.4. The molecule has 138 valence electrons. The highest BCUT2D eigenvalue weighted by atomic mass is 16.5. The van der Waals surface area contributed by atoms with Crippen LogP contribution in [0.3, 0.4) is 0 Å². The Morgan fingerprint density at radius 3 is 2.62 bits per heavy atom. The third-order valence-corrected chi connectivity index (χ3v) is 3.80. The lowest BCUT2D eigenvalue weighted by molar-refractivity contribution is 0.128. The van der Waals surface area contributed by atoms with Crippen molar-refractivity contribution in [3.8, 4) is 0 Å². The molecule has 0 amide bonds. The predicted molar refractivity (Wildman–Crippen MR) is 99.3 cm³/mol. The average Bonchev–Trinajstić information content (AvgIpc) is 2.94. The smallest absolute Gasteiger partial charge is 0.191 e. The maximum atomic E-state index is 5.61. The van der Waals surface area contributed by atoms with E-state index in [4.69, 9.17) is 4.74 Å². The van der Waals surface area contributed by atoms with Crippen LogP contribution in [0.2, 0.25) is 0 Å². The first-order valence-corrected chi connectivity index (χ1v) is 8.61. The molecule has 1 unspecified atom stereocenters. The Bertz CT molecular complexity index is 483. The number of hydrogen-bond acceptors (Lipinski definition) is 4. The van der Waals surface area contributed by atoms with Gasteiger partial charge >= 0.3 is 0 Å². The van der Waals surface area contributed by atoms with Gasteiger partial charge in [0.15, 0.2) is 5.96 Å². The Kier molecular flexibility index (Phi) is 9.41. The number of nitrogens with one attached hydrogen (secondary N) is 2. The van der Waals surface area contributed by atoms with Gasteiger partial charge in [-0.25, -0.2) is 0 Å². The largest absolute Gasteiger partial charge is 0.380 e. The normalized spacial score (nSPS) is 13.6. The quantitative estimate of drug-likeness (QED) is 0.382. The van der Waals surface area contributed by atoms with E-state index in [1.807, 2.05) is 24.1 Å². The summed E-state index contributed by atoms with van der Waals surface area (Å²) in [7, 11) is 7.85. The first-order valence-electron chi connectivity index (χ1n) is 8.61. The molecule has 24 heavy (non-hydrogen) atoms. The van der Waals surface area contributed by atoms with Gasteiger partial charge in [0.25, 0.3) is 0 Å². The van der Waals surface area contributed by atoms with E-state index in [0.29, 0.717) is 12.5 Å². The lowest BCUT2D eigenvalue weighted by atomic mass is 10.1. The van der Waals surface area contributed by atoms with Crippen molar-refractivity contribution in [1.29, 1.82) is 0 Å². The molecule has 1 atom stereocenters. The number of rotatable bonds is 10. The summed E-state index contributed by atoms with van der Waals surface area (Å²) in [5.74, 6) is 1.47. The zero-order chi connectivity index (χ0) is 17.9. The van der Waals surface area contributed by atoms with Crippen molar-refractivity contribution in [3.63, 3.8) is 0 Å². The van der Waals surface area contributed by atoms with Crippen LogP contribution in [-0.4, -0.2) is 68.1 Å². The fourth-order valence-corrected chi connectivity index (χ4v) is 2.29. The van der Waals surface area contributed by atoms with Crippen LogP contribution in [0, 0.1) is 5.92 Å². The molecule has 0 bridgehead atoms. The second-order valence-electron chi connectivity index (χ2n) is 6.60. The highest BCUT2D eigenvalue weighted by molar-refractivity contribution is 5.79. The SMILES string of the molecule is CN=C(NCCOCCC(C)C)NCC(c1cnn(C)c1)N(C)C. The van der Waals surface area contributed by atoms with Gasteiger partial charge in [0.2, 0.25) is 0 Å². The summed E-state index contributed by atoms with van der Waals surface area (Å²) in [5, 5.41) is 10.9. The fraction of sp³-hybridized carbons (Fsp3) is 0.765. The molecule has 1 aromatic rings. The molecule has 2 N–H and O–H groups in total. The van der Waals surface area contributed by atoms with Crippen molar-refractivity contribution in [2.24, 2.45) is 18.0 Å². The molecule has 0 radical (unpaired) electrons. The van der Waals surface area contributed by atoms with Crippen LogP contribution in [0.15, 0.2) is 17.4 Å². The Hall–Kier alpha value is -1.60. The van der Waals surface area contributed by atoms with Crippen LogP contribution in [-0.2, 0) is 11.8 Å². The molecule has 1 rings (SSSR count). The molecule has 7 nitrogen and oxygen atoms in total. The standard InChI is InChI=1S/C17H34N6O/c1-14(2)7-9-24-10-8-19-17(18-3)20-12-16(22(4)5)15-11-21-23(6)13-15/h11,13-14,16H,7-10,12H2,1-6H3,(H2,18,19,20). The van der Waals surface area contributed by atoms with Gasteiger partial charge in [0.05, 0.1) is 18.8 Å². The van der Waals surface area contributed by atoms with E-state index in [1.54, 1.807) is 7.05 Å². The van der Waals surface area contributed by atoms with Gasteiger partial charge in [-0.2, -0.15) is 5.10 Å². The molecule has 0 aliphatic carbocycles. The van der Waals surface area contributed by atoms with Crippen molar-refractivity contribution in [1.82, 2.24) is 25.3 Å². The zero-order valence-corrected chi connectivity index (χ0v) is 16.0. The molecule has 0 spiro atoms. The molecule has 0 aromatic carbocycles. The fourth-order valence-electron chi connectivity index (χ4n) is 2.29. The molecule has 0 aliphatic heterocycles. The average molecular weight is 339 g/mol. The van der Waals surface area contributed by atoms with Crippen LogP contribution < -0.4 is 10.6 Å². The summed E-state index contributed by atoms with van der Waals surface area (Å²) >= 11 is 0. The van der Waals surface area contributed by atoms with Crippen molar-refractivity contribution >= 4 is 5.96 Å². The molecule has 0 saturated carbocycles. The van der Waals surface area contributed by atoms with E-state index < -0.39 is 0 Å². The van der Waals surface area contributed by atoms with Crippen molar-refractivity contribution in [3.05, 3.63) is 18.0 Å². The second kappa shape index (κ2) is 11.0. The number of aryl methyl sites for hydroxylation is 1. The van der Waals surface area contributed by atoms with Crippen LogP contribution >= 0.6 is 0 Å². The molecular formula is C17H34N6O. The van der Waals surface area contributed by atoms with E-state index in [2.05, 4.69) is 53.6 Å². The van der Waals surface area contributed by atoms with E-state index >= 15 is 0 Å². The number of guanidine groups is 1. The monoisotopic (exact) mass is 338 g/mol. The number of aliphatic imine (C=N–C) groups is 1. The Morgan fingerprint density at radius 2 is 2.08 bits per heavy atom. The first-order chi connectivity index (χ1) is 11.4. The summed E-state index contributed by atoms with van der Waals surface area (Å²) in [6.07, 6.45) is 5.05. The highest BCUT2D eigenvalue weighted by Gasteiger charge is 2.16. The van der Waals surface area contributed by atoms with Crippen LogP contribution in [0.25, 0.3) is 0 Å². The Labute approximate surface area is 146 Å². The van der Waals surface area contributed by atoms with Gasteiger partial charge in [-0.15, -0.1) is 0 Å². The number of nitrogens with zero attached hydrogens (tertiary/aromatic N) is 4. The summed E-state index contributed by atoms with van der Waals surface area (Å²) in [4.78, 5) is 6.44. The van der Waals surface area contributed by atoms with Crippen molar-refractivity contribution < 1.29 is 4.74 Å². The van der Waals surface area contributed by atoms with E-state index in [0.717, 1.165) is 32.1 Å². The Balaban J connectivity index is 2.34. The van der Waals surface area contributed by atoms with Gasteiger partial charge in [-0.1, -0.05) is 13.8 Å². The molecule has 1 heterocycles.